The maximum absolute atomic E-state index is 15.1. The van der Waals surface area contributed by atoms with E-state index in [4.69, 9.17) is 0 Å². The molecule has 0 amide bonds. The summed E-state index contributed by atoms with van der Waals surface area (Å²) in [6.45, 7) is 0. The average Bonchev–Trinajstić information content (AvgIpc) is 2.47. The van der Waals surface area contributed by atoms with Crippen molar-refractivity contribution >= 4 is 0 Å². The third kappa shape index (κ3) is 3.08. The van der Waals surface area contributed by atoms with Crippen LogP contribution in [0.25, 0.3) is 0 Å². The monoisotopic (exact) mass is 472 g/mol. The number of rotatable bonds is 4. The van der Waals surface area contributed by atoms with Gasteiger partial charge in [0, 0.05) is 17.3 Å². The van der Waals surface area contributed by atoms with Crippen LogP contribution < -0.4 is 0 Å². The molecule has 14 heteroatoms. The second-order valence-electron chi connectivity index (χ2n) is 8.98. The molecule has 0 spiro atoms. The minimum atomic E-state index is -6.25. The van der Waals surface area contributed by atoms with E-state index < -0.39 is 97.2 Å². The van der Waals surface area contributed by atoms with E-state index in [1.807, 2.05) is 0 Å². The van der Waals surface area contributed by atoms with Crippen LogP contribution in [0.15, 0.2) is 0 Å². The minimum absolute atomic E-state index is 1.35. The molecule has 0 saturated heterocycles. The molecule has 0 aliphatic heterocycles. The Labute approximate surface area is 160 Å². The maximum Gasteiger partial charge on any atom is 0.425 e. The van der Waals surface area contributed by atoms with Gasteiger partial charge in [-0.05, 0) is 32.1 Å². The van der Waals surface area contributed by atoms with Crippen LogP contribution in [-0.4, -0.2) is 47.9 Å². The van der Waals surface area contributed by atoms with Crippen molar-refractivity contribution in [1.29, 1.82) is 0 Å². The fourth-order valence-corrected chi connectivity index (χ4v) is 6.05. The Kier molecular flexibility index (Phi) is 4.64. The molecule has 0 unspecified atom stereocenters. The topological polar surface area (TPSA) is 0 Å². The predicted molar refractivity (Wildman–Crippen MR) is 72.0 cm³/mol. The quantitative estimate of drug-likeness (QED) is 0.394. The number of hydrogen-bond acceptors (Lipinski definition) is 0. The van der Waals surface area contributed by atoms with Crippen LogP contribution in [0.2, 0.25) is 0 Å². The lowest BCUT2D eigenvalue weighted by atomic mass is 9.39. The Morgan fingerprint density at radius 3 is 0.967 bits per heavy atom. The fourth-order valence-electron chi connectivity index (χ4n) is 6.05. The lowest BCUT2D eigenvalue weighted by molar-refractivity contribution is -0.366. The third-order valence-electron chi connectivity index (χ3n) is 6.56. The molecule has 2 atom stereocenters. The highest BCUT2D eigenvalue weighted by molar-refractivity contribution is 5.26. The Balaban J connectivity index is 2.17. The lowest BCUT2D eigenvalue weighted by Crippen LogP contribution is -2.74. The lowest BCUT2D eigenvalue weighted by Gasteiger charge is -2.68. The van der Waals surface area contributed by atoms with Crippen LogP contribution in [0.1, 0.15) is 38.5 Å². The van der Waals surface area contributed by atoms with Gasteiger partial charge in [-0.15, -0.1) is 0 Å². The molecule has 4 aliphatic carbocycles. The summed E-state index contributed by atoms with van der Waals surface area (Å²) in [7, 11) is 0. The molecule has 0 aromatic rings. The fraction of sp³-hybridized carbons (Fsp3) is 1.00. The van der Waals surface area contributed by atoms with Gasteiger partial charge in [0.2, 0.25) is 0 Å². The van der Waals surface area contributed by atoms with Gasteiger partial charge < -0.3 is 0 Å². The smallest absolute Gasteiger partial charge is 0.244 e. The zero-order chi connectivity index (χ0) is 23.4. The van der Waals surface area contributed by atoms with Crippen LogP contribution in [0, 0.1) is 10.8 Å². The van der Waals surface area contributed by atoms with Crippen LogP contribution in [0.3, 0.4) is 0 Å². The van der Waals surface area contributed by atoms with E-state index in [-0.39, 0.29) is 0 Å². The first-order valence-electron chi connectivity index (χ1n) is 8.60. The third-order valence-corrected chi connectivity index (χ3v) is 6.56. The van der Waals surface area contributed by atoms with Gasteiger partial charge in [-0.3, -0.25) is 0 Å². The van der Waals surface area contributed by atoms with E-state index in [0.29, 0.717) is 0 Å². The van der Waals surface area contributed by atoms with E-state index in [1.54, 1.807) is 0 Å². The highest BCUT2D eigenvalue weighted by Crippen LogP contribution is 2.77. The van der Waals surface area contributed by atoms with Crippen LogP contribution in [-0.2, 0) is 0 Å². The summed E-state index contributed by atoms with van der Waals surface area (Å²) in [4.78, 5) is 0. The maximum atomic E-state index is 15.1. The van der Waals surface area contributed by atoms with Crippen LogP contribution >= 0.6 is 0 Å². The molecule has 0 aromatic heterocycles. The molecular formula is C16H14F14. The molecular weight excluding hydrogens is 458 g/mol. The summed E-state index contributed by atoms with van der Waals surface area (Å²) in [5.41, 5.74) is -14.2. The largest absolute Gasteiger partial charge is 0.425 e. The molecule has 0 N–H and O–H groups in total. The Hall–Kier alpha value is -0.980. The second-order valence-corrected chi connectivity index (χ2v) is 8.98. The molecule has 4 rings (SSSR count). The molecule has 176 valence electrons. The summed E-state index contributed by atoms with van der Waals surface area (Å²) in [6.07, 6.45) is -32.5. The minimum Gasteiger partial charge on any atom is -0.244 e. The first-order chi connectivity index (χ1) is 13.1. The van der Waals surface area contributed by atoms with Gasteiger partial charge in [-0.2, -0.15) is 26.3 Å². The Bertz CT molecular complexity index is 634. The molecule has 0 radical (unpaired) electrons. The molecule has 4 bridgehead atoms. The second kappa shape index (κ2) is 5.87. The average molecular weight is 472 g/mol. The summed E-state index contributed by atoms with van der Waals surface area (Å²) in [6, 6.07) is 0. The Morgan fingerprint density at radius 1 is 0.467 bits per heavy atom. The molecule has 4 fully saturated rings. The standard InChI is InChI=1S/C16H14F14/c17-7(15(25,26)27)13(21,22)9-1-10(14(23,24)8(18)16(28,29)30)4-11(19,2-9)6-12(20,3-9)5-10/h7-8H,1-6H2/t7-,8-,9?,10?,11?,12?/m0/s1. The zero-order valence-electron chi connectivity index (χ0n) is 14.7. The van der Waals surface area contributed by atoms with Crippen molar-refractivity contribution in [2.75, 3.05) is 0 Å². The summed E-state index contributed by atoms with van der Waals surface area (Å²) in [5.74, 6) is -11.3. The van der Waals surface area contributed by atoms with E-state index in [1.165, 1.54) is 0 Å². The van der Waals surface area contributed by atoms with Crippen molar-refractivity contribution < 1.29 is 61.5 Å². The summed E-state index contributed by atoms with van der Waals surface area (Å²) in [5, 5.41) is 0. The molecule has 30 heavy (non-hydrogen) atoms. The summed E-state index contributed by atoms with van der Waals surface area (Å²) < 4.78 is 192. The first-order valence-corrected chi connectivity index (χ1v) is 8.60. The normalized spacial score (nSPS) is 41.8. The van der Waals surface area contributed by atoms with Gasteiger partial charge >= 0.3 is 12.4 Å². The van der Waals surface area contributed by atoms with Crippen molar-refractivity contribution in [3.63, 3.8) is 0 Å². The molecule has 4 saturated carbocycles. The van der Waals surface area contributed by atoms with Gasteiger partial charge in [0.15, 0.2) is 0 Å². The van der Waals surface area contributed by atoms with E-state index in [0.717, 1.165) is 0 Å². The van der Waals surface area contributed by atoms with Gasteiger partial charge in [0.1, 0.15) is 11.3 Å². The molecule has 4 aliphatic rings. The van der Waals surface area contributed by atoms with E-state index in [9.17, 15) is 52.7 Å². The summed E-state index contributed by atoms with van der Waals surface area (Å²) >= 11 is 0. The number of alkyl halides is 14. The van der Waals surface area contributed by atoms with Gasteiger partial charge in [-0.25, -0.2) is 35.1 Å². The number of halogens is 14. The predicted octanol–water partition coefficient (Wildman–Crippen LogP) is 6.83. The molecule has 0 aromatic carbocycles. The van der Waals surface area contributed by atoms with Crippen LogP contribution in [0.4, 0.5) is 61.5 Å². The number of hydrogen-bond donors (Lipinski definition) is 0. The van der Waals surface area contributed by atoms with E-state index >= 15 is 8.78 Å². The zero-order valence-corrected chi connectivity index (χ0v) is 14.7. The van der Waals surface area contributed by atoms with Crippen molar-refractivity contribution in [1.82, 2.24) is 0 Å². The van der Waals surface area contributed by atoms with Crippen molar-refractivity contribution in [3.8, 4) is 0 Å². The first kappa shape index (κ1) is 23.7. The SMILES string of the molecule is F[C@H](C(F)(F)F)C(F)(F)C12CC3(F)CC(F)(C1)CC(C(F)(F)[C@H](F)C(F)(F)F)(C3)C2. The Morgan fingerprint density at radius 2 is 0.733 bits per heavy atom. The van der Waals surface area contributed by atoms with Gasteiger partial charge in [0.05, 0.1) is 0 Å². The van der Waals surface area contributed by atoms with Crippen molar-refractivity contribution in [2.45, 2.75) is 86.4 Å². The van der Waals surface area contributed by atoms with Gasteiger partial charge in [0.25, 0.3) is 24.2 Å². The van der Waals surface area contributed by atoms with E-state index in [2.05, 4.69) is 0 Å². The van der Waals surface area contributed by atoms with Crippen molar-refractivity contribution in [2.24, 2.45) is 10.8 Å². The highest BCUT2D eigenvalue weighted by atomic mass is 19.4. The van der Waals surface area contributed by atoms with Gasteiger partial charge in [-0.1, -0.05) is 0 Å². The highest BCUT2D eigenvalue weighted by Gasteiger charge is 2.83. The van der Waals surface area contributed by atoms with Crippen LogP contribution in [0.5, 0.6) is 0 Å². The van der Waals surface area contributed by atoms with Crippen molar-refractivity contribution in [3.05, 3.63) is 0 Å². The molecule has 0 nitrogen and oxygen atoms in total. The molecule has 0 heterocycles.